The second-order valence-electron chi connectivity index (χ2n) is 2.68. The zero-order chi connectivity index (χ0) is 10.4. The molecule has 1 aromatic carbocycles. The van der Waals surface area contributed by atoms with Gasteiger partial charge in [-0.1, -0.05) is 15.9 Å². The van der Waals surface area contributed by atoms with Crippen LogP contribution in [0.4, 0.5) is 5.69 Å². The van der Waals surface area contributed by atoms with Crippen LogP contribution >= 0.6 is 15.9 Å². The highest BCUT2D eigenvalue weighted by molar-refractivity contribution is 9.09. The summed E-state index contributed by atoms with van der Waals surface area (Å²) >= 11 is 3.35. The van der Waals surface area contributed by atoms with Gasteiger partial charge in [0.25, 0.3) is 0 Å². The molecule has 0 atom stereocenters. The van der Waals surface area contributed by atoms with Crippen molar-refractivity contribution in [2.45, 2.75) is 0 Å². The molecule has 0 amide bonds. The molecule has 0 saturated carbocycles. The Kier molecular flexibility index (Phi) is 4.59. The number of benzene rings is 1. The van der Waals surface area contributed by atoms with E-state index in [0.717, 1.165) is 29.1 Å². The summed E-state index contributed by atoms with van der Waals surface area (Å²) in [5, 5.41) is 4.13. The van der Waals surface area contributed by atoms with Gasteiger partial charge in [0.2, 0.25) is 0 Å². The van der Waals surface area contributed by atoms with Crippen LogP contribution in [0.15, 0.2) is 18.2 Å². The summed E-state index contributed by atoms with van der Waals surface area (Å²) in [5.41, 5.74) is 0.950. The zero-order valence-electron chi connectivity index (χ0n) is 8.34. The SMILES string of the molecule is COc1ccc(OC)c(NCCBr)c1. The minimum atomic E-state index is 0.822. The third-order valence-corrected chi connectivity index (χ3v) is 2.21. The summed E-state index contributed by atoms with van der Waals surface area (Å²) in [7, 11) is 3.30. The molecule has 1 rings (SSSR count). The van der Waals surface area contributed by atoms with Crippen LogP contribution in [0.2, 0.25) is 0 Å². The summed E-state index contributed by atoms with van der Waals surface area (Å²) in [6.45, 7) is 0.851. The molecule has 0 heterocycles. The molecule has 1 aromatic rings. The maximum absolute atomic E-state index is 5.21. The third-order valence-electron chi connectivity index (χ3n) is 1.82. The Hall–Kier alpha value is -0.900. The highest BCUT2D eigenvalue weighted by Gasteiger charge is 2.03. The molecule has 4 heteroatoms. The monoisotopic (exact) mass is 259 g/mol. The number of nitrogens with one attached hydrogen (secondary N) is 1. The molecule has 0 aliphatic heterocycles. The van der Waals surface area contributed by atoms with Crippen LogP contribution in [0, 0.1) is 0 Å². The molecular weight excluding hydrogens is 246 g/mol. The van der Waals surface area contributed by atoms with E-state index in [-0.39, 0.29) is 0 Å². The van der Waals surface area contributed by atoms with Gasteiger partial charge in [-0.2, -0.15) is 0 Å². The van der Waals surface area contributed by atoms with Gasteiger partial charge in [0.05, 0.1) is 19.9 Å². The van der Waals surface area contributed by atoms with Gasteiger partial charge in [0, 0.05) is 17.9 Å². The second-order valence-corrected chi connectivity index (χ2v) is 3.47. The summed E-state index contributed by atoms with van der Waals surface area (Å²) < 4.78 is 10.3. The fraction of sp³-hybridized carbons (Fsp3) is 0.400. The van der Waals surface area contributed by atoms with Crippen LogP contribution in [0.25, 0.3) is 0 Å². The molecule has 0 aliphatic carbocycles. The van der Waals surface area contributed by atoms with Crippen molar-refractivity contribution in [1.29, 1.82) is 0 Å². The van der Waals surface area contributed by atoms with Crippen molar-refractivity contribution >= 4 is 21.6 Å². The first-order valence-corrected chi connectivity index (χ1v) is 5.46. The Bertz CT molecular complexity index is 291. The predicted octanol–water partition coefficient (Wildman–Crippen LogP) is 2.51. The van der Waals surface area contributed by atoms with Crippen molar-refractivity contribution in [2.75, 3.05) is 31.4 Å². The third kappa shape index (κ3) is 2.80. The number of ether oxygens (including phenoxy) is 2. The topological polar surface area (TPSA) is 30.5 Å². The summed E-state index contributed by atoms with van der Waals surface area (Å²) in [6.07, 6.45) is 0. The van der Waals surface area contributed by atoms with E-state index in [4.69, 9.17) is 9.47 Å². The van der Waals surface area contributed by atoms with E-state index in [1.807, 2.05) is 18.2 Å². The highest BCUT2D eigenvalue weighted by Crippen LogP contribution is 2.28. The number of anilines is 1. The summed E-state index contributed by atoms with van der Waals surface area (Å²) in [4.78, 5) is 0. The van der Waals surface area contributed by atoms with E-state index in [9.17, 15) is 0 Å². The molecule has 3 nitrogen and oxygen atoms in total. The van der Waals surface area contributed by atoms with Gasteiger partial charge in [-0.15, -0.1) is 0 Å². The van der Waals surface area contributed by atoms with Crippen LogP contribution in [0.3, 0.4) is 0 Å². The van der Waals surface area contributed by atoms with Gasteiger partial charge in [-0.05, 0) is 12.1 Å². The van der Waals surface area contributed by atoms with E-state index < -0.39 is 0 Å². The summed E-state index contributed by atoms with van der Waals surface area (Å²) in [5.74, 6) is 1.65. The molecule has 0 aromatic heterocycles. The predicted molar refractivity (Wildman–Crippen MR) is 61.8 cm³/mol. The van der Waals surface area contributed by atoms with E-state index >= 15 is 0 Å². The molecule has 14 heavy (non-hydrogen) atoms. The lowest BCUT2D eigenvalue weighted by Gasteiger charge is -2.11. The molecule has 0 unspecified atom stereocenters. The van der Waals surface area contributed by atoms with E-state index in [1.165, 1.54) is 0 Å². The molecule has 0 saturated heterocycles. The summed E-state index contributed by atoms with van der Waals surface area (Å²) in [6, 6.07) is 5.68. The smallest absolute Gasteiger partial charge is 0.142 e. The number of alkyl halides is 1. The van der Waals surface area contributed by atoms with Crippen LogP contribution < -0.4 is 14.8 Å². The van der Waals surface area contributed by atoms with Crippen LogP contribution in [0.1, 0.15) is 0 Å². The number of methoxy groups -OCH3 is 2. The maximum Gasteiger partial charge on any atom is 0.142 e. The fourth-order valence-electron chi connectivity index (χ4n) is 1.13. The minimum absolute atomic E-state index is 0.822. The maximum atomic E-state index is 5.21. The minimum Gasteiger partial charge on any atom is -0.497 e. The molecule has 0 spiro atoms. The number of halogens is 1. The van der Waals surface area contributed by atoms with Crippen molar-refractivity contribution in [3.63, 3.8) is 0 Å². The fourth-order valence-corrected chi connectivity index (χ4v) is 1.33. The van der Waals surface area contributed by atoms with Crippen molar-refractivity contribution in [3.05, 3.63) is 18.2 Å². The lowest BCUT2D eigenvalue weighted by atomic mass is 10.2. The van der Waals surface area contributed by atoms with Crippen molar-refractivity contribution in [1.82, 2.24) is 0 Å². The largest absolute Gasteiger partial charge is 0.497 e. The van der Waals surface area contributed by atoms with E-state index in [0.29, 0.717) is 0 Å². The Labute approximate surface area is 92.5 Å². The molecule has 0 bridgehead atoms. The van der Waals surface area contributed by atoms with Gasteiger partial charge in [-0.3, -0.25) is 0 Å². The quantitative estimate of drug-likeness (QED) is 0.825. The molecule has 78 valence electrons. The number of hydrogen-bond acceptors (Lipinski definition) is 3. The Morgan fingerprint density at radius 3 is 2.64 bits per heavy atom. The van der Waals surface area contributed by atoms with Gasteiger partial charge in [-0.25, -0.2) is 0 Å². The molecule has 0 fully saturated rings. The van der Waals surface area contributed by atoms with E-state index in [1.54, 1.807) is 14.2 Å². The van der Waals surface area contributed by atoms with E-state index in [2.05, 4.69) is 21.2 Å². The zero-order valence-corrected chi connectivity index (χ0v) is 9.93. The molecular formula is C10H14BrNO2. The van der Waals surface area contributed by atoms with Crippen molar-refractivity contribution < 1.29 is 9.47 Å². The Balaban J connectivity index is 2.84. The van der Waals surface area contributed by atoms with Gasteiger partial charge in [0.1, 0.15) is 11.5 Å². The lowest BCUT2D eigenvalue weighted by Crippen LogP contribution is -2.04. The first-order valence-electron chi connectivity index (χ1n) is 4.33. The van der Waals surface area contributed by atoms with Crippen LogP contribution in [-0.2, 0) is 0 Å². The standard InChI is InChI=1S/C10H14BrNO2/c1-13-8-3-4-10(14-2)9(7-8)12-6-5-11/h3-4,7,12H,5-6H2,1-2H3. The average Bonchev–Trinajstić information content (AvgIpc) is 2.25. The van der Waals surface area contributed by atoms with Gasteiger partial charge >= 0.3 is 0 Å². The number of rotatable bonds is 5. The van der Waals surface area contributed by atoms with Crippen molar-refractivity contribution in [3.8, 4) is 11.5 Å². The average molecular weight is 260 g/mol. The highest BCUT2D eigenvalue weighted by atomic mass is 79.9. The van der Waals surface area contributed by atoms with Gasteiger partial charge in [0.15, 0.2) is 0 Å². The molecule has 0 aliphatic rings. The normalized spacial score (nSPS) is 9.64. The number of hydrogen-bond donors (Lipinski definition) is 1. The molecule has 1 N–H and O–H groups in total. The Morgan fingerprint density at radius 2 is 2.07 bits per heavy atom. The molecule has 0 radical (unpaired) electrons. The lowest BCUT2D eigenvalue weighted by molar-refractivity contribution is 0.404. The van der Waals surface area contributed by atoms with Crippen molar-refractivity contribution in [2.24, 2.45) is 0 Å². The van der Waals surface area contributed by atoms with Gasteiger partial charge < -0.3 is 14.8 Å². The first-order chi connectivity index (χ1) is 6.81. The van der Waals surface area contributed by atoms with Crippen LogP contribution in [0.5, 0.6) is 11.5 Å². The Morgan fingerprint density at radius 1 is 1.29 bits per heavy atom. The second kappa shape index (κ2) is 5.75. The first kappa shape index (κ1) is 11.2. The van der Waals surface area contributed by atoms with Crippen LogP contribution in [-0.4, -0.2) is 26.1 Å².